The summed E-state index contributed by atoms with van der Waals surface area (Å²) in [5.74, 6) is -0.895. The molecule has 0 saturated carbocycles. The van der Waals surface area contributed by atoms with Gasteiger partial charge in [-0.05, 0) is 25.1 Å². The molecule has 1 N–H and O–H groups in total. The predicted molar refractivity (Wildman–Crippen MR) is 70.0 cm³/mol. The van der Waals surface area contributed by atoms with E-state index in [1.165, 1.54) is 32.2 Å². The molecule has 0 bridgehead atoms. The second-order valence-corrected chi connectivity index (χ2v) is 4.60. The first kappa shape index (κ1) is 15.5. The summed E-state index contributed by atoms with van der Waals surface area (Å²) in [6, 6.07) is 4.40. The third kappa shape index (κ3) is 3.94. The van der Waals surface area contributed by atoms with Gasteiger partial charge in [0.05, 0.1) is 11.6 Å². The van der Waals surface area contributed by atoms with Crippen molar-refractivity contribution in [2.45, 2.75) is 18.9 Å². The van der Waals surface area contributed by atoms with Gasteiger partial charge in [0.2, 0.25) is 5.60 Å². The van der Waals surface area contributed by atoms with Crippen molar-refractivity contribution >= 4 is 23.9 Å². The number of carboxylic acid groups (broad SMARTS) is 1. The molecule has 1 aromatic carbocycles. The second-order valence-electron chi connectivity index (χ2n) is 4.19. The number of aldehydes is 1. The molecule has 0 amide bonds. The van der Waals surface area contributed by atoms with Crippen LogP contribution in [-0.2, 0) is 9.53 Å². The highest BCUT2D eigenvalue weighted by molar-refractivity contribution is 6.32. The first-order valence-corrected chi connectivity index (χ1v) is 5.97. The number of carbonyl (C=O) groups excluding carboxylic acids is 1. The zero-order valence-electron chi connectivity index (χ0n) is 10.7. The lowest BCUT2D eigenvalue weighted by Gasteiger charge is -2.26. The van der Waals surface area contributed by atoms with E-state index in [0.29, 0.717) is 11.8 Å². The van der Waals surface area contributed by atoms with E-state index in [4.69, 9.17) is 21.1 Å². The van der Waals surface area contributed by atoms with Crippen molar-refractivity contribution in [3.63, 3.8) is 0 Å². The Kier molecular flexibility index (Phi) is 5.32. The topological polar surface area (TPSA) is 72.8 Å². The first-order valence-electron chi connectivity index (χ1n) is 5.59. The SMILES string of the molecule is COCCC(C)(Oc1ccc(C=O)cc1Cl)C(=O)O. The molecule has 5 nitrogen and oxygen atoms in total. The molecule has 1 rings (SSSR count). The lowest BCUT2D eigenvalue weighted by Crippen LogP contribution is -2.42. The predicted octanol–water partition coefficient (Wildman–Crippen LogP) is 2.41. The van der Waals surface area contributed by atoms with E-state index in [1.54, 1.807) is 0 Å². The van der Waals surface area contributed by atoms with Gasteiger partial charge in [0.15, 0.2) is 0 Å². The fourth-order valence-corrected chi connectivity index (χ4v) is 1.64. The number of benzene rings is 1. The summed E-state index contributed by atoms with van der Waals surface area (Å²) >= 11 is 5.94. The van der Waals surface area contributed by atoms with Gasteiger partial charge in [0.1, 0.15) is 12.0 Å². The maximum absolute atomic E-state index is 11.3. The van der Waals surface area contributed by atoms with Crippen LogP contribution in [0.25, 0.3) is 0 Å². The number of hydrogen-bond donors (Lipinski definition) is 1. The number of ether oxygens (including phenoxy) is 2. The first-order chi connectivity index (χ1) is 8.92. The van der Waals surface area contributed by atoms with E-state index in [-0.39, 0.29) is 23.8 Å². The molecule has 0 fully saturated rings. The molecule has 0 spiro atoms. The Hall–Kier alpha value is -1.59. The van der Waals surface area contributed by atoms with Crippen LogP contribution in [0.1, 0.15) is 23.7 Å². The average Bonchev–Trinajstić information content (AvgIpc) is 2.38. The van der Waals surface area contributed by atoms with E-state index < -0.39 is 11.6 Å². The van der Waals surface area contributed by atoms with E-state index in [9.17, 15) is 14.7 Å². The Balaban J connectivity index is 2.96. The summed E-state index contributed by atoms with van der Waals surface area (Å²) in [5, 5.41) is 9.42. The van der Waals surface area contributed by atoms with Crippen LogP contribution < -0.4 is 4.74 Å². The number of carbonyl (C=O) groups is 2. The summed E-state index contributed by atoms with van der Waals surface area (Å²) in [6.45, 7) is 1.69. The summed E-state index contributed by atoms with van der Waals surface area (Å²) in [7, 11) is 1.48. The molecule has 0 heterocycles. The third-order valence-corrected chi connectivity index (χ3v) is 2.96. The van der Waals surface area contributed by atoms with Gasteiger partial charge in [-0.15, -0.1) is 0 Å². The highest BCUT2D eigenvalue weighted by atomic mass is 35.5. The van der Waals surface area contributed by atoms with E-state index in [1.807, 2.05) is 0 Å². The fourth-order valence-electron chi connectivity index (χ4n) is 1.41. The summed E-state index contributed by atoms with van der Waals surface area (Å²) in [4.78, 5) is 21.9. The molecule has 19 heavy (non-hydrogen) atoms. The van der Waals surface area contributed by atoms with Gasteiger partial charge in [0, 0.05) is 19.1 Å². The standard InChI is InChI=1S/C13H15ClO5/c1-13(12(16)17,5-6-18-2)19-11-4-3-9(8-15)7-10(11)14/h3-4,7-8H,5-6H2,1-2H3,(H,16,17). The molecule has 104 valence electrons. The van der Waals surface area contributed by atoms with Crippen molar-refractivity contribution < 1.29 is 24.2 Å². The molecule has 1 aromatic rings. The van der Waals surface area contributed by atoms with Crippen molar-refractivity contribution in [1.29, 1.82) is 0 Å². The smallest absolute Gasteiger partial charge is 0.347 e. The maximum atomic E-state index is 11.3. The highest BCUT2D eigenvalue weighted by Gasteiger charge is 2.35. The Morgan fingerprint density at radius 3 is 2.68 bits per heavy atom. The van der Waals surface area contributed by atoms with Crippen molar-refractivity contribution in [1.82, 2.24) is 0 Å². The monoisotopic (exact) mass is 286 g/mol. The number of methoxy groups -OCH3 is 1. The van der Waals surface area contributed by atoms with Gasteiger partial charge in [-0.2, -0.15) is 0 Å². The van der Waals surface area contributed by atoms with Crippen LogP contribution in [0.3, 0.4) is 0 Å². The Bertz CT molecular complexity index is 474. The summed E-state index contributed by atoms with van der Waals surface area (Å²) in [6.07, 6.45) is 0.821. The molecule has 0 aromatic heterocycles. The van der Waals surface area contributed by atoms with Crippen LogP contribution in [0.2, 0.25) is 5.02 Å². The minimum atomic E-state index is -1.44. The minimum Gasteiger partial charge on any atom is -0.478 e. The molecular weight excluding hydrogens is 272 g/mol. The zero-order valence-corrected chi connectivity index (χ0v) is 11.4. The van der Waals surface area contributed by atoms with Crippen LogP contribution in [-0.4, -0.2) is 36.7 Å². The van der Waals surface area contributed by atoms with E-state index >= 15 is 0 Å². The van der Waals surface area contributed by atoms with Crippen LogP contribution in [0.4, 0.5) is 0 Å². The molecule has 0 radical (unpaired) electrons. The van der Waals surface area contributed by atoms with Gasteiger partial charge in [-0.3, -0.25) is 4.79 Å². The Labute approximate surface area is 116 Å². The van der Waals surface area contributed by atoms with Crippen LogP contribution >= 0.6 is 11.6 Å². The van der Waals surface area contributed by atoms with Crippen LogP contribution in [0.15, 0.2) is 18.2 Å². The normalized spacial score (nSPS) is 13.6. The maximum Gasteiger partial charge on any atom is 0.347 e. The number of aliphatic carboxylic acids is 1. The molecule has 0 saturated heterocycles. The van der Waals surface area contributed by atoms with Gasteiger partial charge in [-0.25, -0.2) is 4.79 Å². The highest BCUT2D eigenvalue weighted by Crippen LogP contribution is 2.30. The van der Waals surface area contributed by atoms with Crippen molar-refractivity contribution in [2.75, 3.05) is 13.7 Å². The average molecular weight is 287 g/mol. The van der Waals surface area contributed by atoms with Crippen LogP contribution in [0, 0.1) is 0 Å². The van der Waals surface area contributed by atoms with Gasteiger partial charge in [0.25, 0.3) is 0 Å². The quantitative estimate of drug-likeness (QED) is 0.779. The van der Waals surface area contributed by atoms with Crippen LogP contribution in [0.5, 0.6) is 5.75 Å². The number of hydrogen-bond acceptors (Lipinski definition) is 4. The van der Waals surface area contributed by atoms with Crippen molar-refractivity contribution in [3.05, 3.63) is 28.8 Å². The number of halogens is 1. The molecule has 1 atom stereocenters. The van der Waals surface area contributed by atoms with Crippen molar-refractivity contribution in [3.8, 4) is 5.75 Å². The van der Waals surface area contributed by atoms with Gasteiger partial charge < -0.3 is 14.6 Å². The Morgan fingerprint density at radius 2 is 2.21 bits per heavy atom. The van der Waals surface area contributed by atoms with Gasteiger partial charge in [-0.1, -0.05) is 11.6 Å². The third-order valence-electron chi connectivity index (χ3n) is 2.66. The molecule has 0 aliphatic heterocycles. The zero-order chi connectivity index (χ0) is 14.5. The molecule has 0 aliphatic rings. The lowest BCUT2D eigenvalue weighted by atomic mass is 10.0. The second kappa shape index (κ2) is 6.54. The number of rotatable bonds is 7. The van der Waals surface area contributed by atoms with Crippen molar-refractivity contribution in [2.24, 2.45) is 0 Å². The largest absolute Gasteiger partial charge is 0.478 e. The summed E-state index contributed by atoms with van der Waals surface area (Å²) < 4.78 is 10.3. The van der Waals surface area contributed by atoms with Gasteiger partial charge >= 0.3 is 5.97 Å². The molecule has 0 aliphatic carbocycles. The molecule has 6 heteroatoms. The molecular formula is C13H15ClO5. The Morgan fingerprint density at radius 1 is 1.53 bits per heavy atom. The van der Waals surface area contributed by atoms with E-state index in [0.717, 1.165) is 0 Å². The lowest BCUT2D eigenvalue weighted by molar-refractivity contribution is -0.155. The summed E-state index contributed by atoms with van der Waals surface area (Å²) in [5.41, 5.74) is -1.05. The van der Waals surface area contributed by atoms with E-state index in [2.05, 4.69) is 0 Å². The number of carboxylic acids is 1. The minimum absolute atomic E-state index is 0.171. The fraction of sp³-hybridized carbons (Fsp3) is 0.385. The molecule has 1 unspecified atom stereocenters.